The van der Waals surface area contributed by atoms with Crippen LogP contribution >= 0.6 is 0 Å². The molecule has 3 aromatic carbocycles. The van der Waals surface area contributed by atoms with Gasteiger partial charge in [-0.15, -0.1) is 0 Å². The van der Waals surface area contributed by atoms with E-state index in [4.69, 9.17) is 4.74 Å². The highest BCUT2D eigenvalue weighted by molar-refractivity contribution is 5.62. The third-order valence-corrected chi connectivity index (χ3v) is 9.07. The Morgan fingerprint density at radius 3 is 1.69 bits per heavy atom. The Morgan fingerprint density at radius 1 is 0.673 bits per heavy atom. The maximum absolute atomic E-state index is 5.74. The van der Waals surface area contributed by atoms with Gasteiger partial charge in [-0.3, -0.25) is 4.90 Å². The van der Waals surface area contributed by atoms with E-state index in [0.717, 1.165) is 92.4 Å². The lowest BCUT2D eigenvalue weighted by Gasteiger charge is -2.32. The number of aromatic nitrogens is 4. The van der Waals surface area contributed by atoms with Gasteiger partial charge in [0.25, 0.3) is 0 Å². The van der Waals surface area contributed by atoms with Crippen LogP contribution in [-0.2, 0) is 6.54 Å². The molecule has 2 aliphatic heterocycles. The normalized spacial score (nSPS) is 15.6. The molecule has 9 nitrogen and oxygen atoms in total. The number of nitrogens with zero attached hydrogens (tertiary/aromatic N) is 5. The standard InChI is InChI=1S/C25H30N4O.C15H18N4/c1-3-30-24-15-20(10-9-19(24)2)18-29-13-11-23(12-14-29)28-25-26-16-22(17-27-25)21-7-5-4-6-8-21;1-2-4-12(5-3-1)13-10-17-15(18-11-13)19-14-6-8-16-9-7-14/h4-10,15-17,23H,3,11-14,18H2,1-2H3,(H,26,27,28);1-5,10-11,14,16H,6-9H2,(H,17,18,19). The highest BCUT2D eigenvalue weighted by atomic mass is 16.5. The van der Waals surface area contributed by atoms with E-state index >= 15 is 0 Å². The van der Waals surface area contributed by atoms with Crippen molar-refractivity contribution in [2.45, 2.75) is 58.2 Å². The van der Waals surface area contributed by atoms with Gasteiger partial charge in [0.1, 0.15) is 5.75 Å². The van der Waals surface area contributed by atoms with E-state index in [1.807, 2.05) is 68.1 Å². The summed E-state index contributed by atoms with van der Waals surface area (Å²) in [5.74, 6) is 2.45. The van der Waals surface area contributed by atoms with Crippen molar-refractivity contribution >= 4 is 11.9 Å². The first kappa shape index (κ1) is 34.0. The first-order chi connectivity index (χ1) is 24.1. The molecule has 0 saturated carbocycles. The summed E-state index contributed by atoms with van der Waals surface area (Å²) in [6.45, 7) is 10.1. The van der Waals surface area contributed by atoms with Gasteiger partial charge in [0.2, 0.25) is 11.9 Å². The predicted molar refractivity (Wildman–Crippen MR) is 199 cm³/mol. The third-order valence-electron chi connectivity index (χ3n) is 9.07. The number of likely N-dealkylation sites (tertiary alicyclic amines) is 1. The lowest BCUT2D eigenvalue weighted by Crippen LogP contribution is -2.38. The molecule has 4 heterocycles. The first-order valence-corrected chi connectivity index (χ1v) is 17.6. The van der Waals surface area contributed by atoms with Crippen LogP contribution in [0, 0.1) is 6.92 Å². The lowest BCUT2D eigenvalue weighted by atomic mass is 10.0. The molecule has 9 heteroatoms. The second kappa shape index (κ2) is 17.5. The lowest BCUT2D eigenvalue weighted by molar-refractivity contribution is 0.210. The molecule has 0 spiro atoms. The van der Waals surface area contributed by atoms with Gasteiger partial charge in [-0.2, -0.15) is 0 Å². The first-order valence-electron chi connectivity index (χ1n) is 17.6. The fourth-order valence-corrected chi connectivity index (χ4v) is 6.24. The van der Waals surface area contributed by atoms with Crippen molar-refractivity contribution in [2.24, 2.45) is 0 Å². The van der Waals surface area contributed by atoms with Crippen LogP contribution in [0.2, 0.25) is 0 Å². The average molecular weight is 657 g/mol. The van der Waals surface area contributed by atoms with E-state index in [0.29, 0.717) is 24.6 Å². The monoisotopic (exact) mass is 656 g/mol. The van der Waals surface area contributed by atoms with Gasteiger partial charge >= 0.3 is 0 Å². The van der Waals surface area contributed by atoms with Crippen LogP contribution < -0.4 is 20.7 Å². The van der Waals surface area contributed by atoms with E-state index in [1.54, 1.807) is 0 Å². The maximum Gasteiger partial charge on any atom is 0.222 e. The Bertz CT molecular complexity index is 1690. The summed E-state index contributed by atoms with van der Waals surface area (Å²) < 4.78 is 5.74. The number of hydrogen-bond acceptors (Lipinski definition) is 9. The Hall–Kier alpha value is -4.86. The molecule has 2 aliphatic rings. The summed E-state index contributed by atoms with van der Waals surface area (Å²) in [5.41, 5.74) is 6.89. The number of rotatable bonds is 10. The van der Waals surface area contributed by atoms with Crippen molar-refractivity contribution in [3.05, 3.63) is 115 Å². The number of piperidine rings is 2. The van der Waals surface area contributed by atoms with E-state index in [2.05, 4.69) is 90.2 Å². The number of hydrogen-bond donors (Lipinski definition) is 3. The van der Waals surface area contributed by atoms with Crippen molar-refractivity contribution in [3.63, 3.8) is 0 Å². The quantitative estimate of drug-likeness (QED) is 0.144. The molecular weight excluding hydrogens is 608 g/mol. The van der Waals surface area contributed by atoms with Crippen molar-refractivity contribution in [3.8, 4) is 28.0 Å². The van der Waals surface area contributed by atoms with E-state index in [1.165, 1.54) is 11.1 Å². The van der Waals surface area contributed by atoms with Gasteiger partial charge in [0.15, 0.2) is 0 Å². The highest BCUT2D eigenvalue weighted by Crippen LogP contribution is 2.23. The van der Waals surface area contributed by atoms with Crippen molar-refractivity contribution in [2.75, 3.05) is 43.4 Å². The molecule has 254 valence electrons. The Labute approximate surface area is 290 Å². The summed E-state index contributed by atoms with van der Waals surface area (Å²) in [4.78, 5) is 20.4. The summed E-state index contributed by atoms with van der Waals surface area (Å²) in [5, 5.41) is 10.3. The van der Waals surface area contributed by atoms with Crippen molar-refractivity contribution in [1.82, 2.24) is 30.2 Å². The van der Waals surface area contributed by atoms with Crippen LogP contribution in [0.3, 0.4) is 0 Å². The largest absolute Gasteiger partial charge is 0.494 e. The molecule has 0 bridgehead atoms. The van der Waals surface area contributed by atoms with Gasteiger partial charge in [-0.1, -0.05) is 72.8 Å². The summed E-state index contributed by atoms with van der Waals surface area (Å²) in [6, 6.07) is 27.9. The minimum Gasteiger partial charge on any atom is -0.494 e. The highest BCUT2D eigenvalue weighted by Gasteiger charge is 2.20. The molecule has 0 unspecified atom stereocenters. The van der Waals surface area contributed by atoms with Gasteiger partial charge in [-0.25, -0.2) is 19.9 Å². The van der Waals surface area contributed by atoms with Crippen LogP contribution in [0.4, 0.5) is 11.9 Å². The summed E-state index contributed by atoms with van der Waals surface area (Å²) in [7, 11) is 0. The maximum atomic E-state index is 5.74. The molecule has 3 N–H and O–H groups in total. The molecule has 0 aliphatic carbocycles. The second-order valence-electron chi connectivity index (χ2n) is 12.7. The van der Waals surface area contributed by atoms with Gasteiger partial charge in [0, 0.05) is 67.6 Å². The zero-order valence-corrected chi connectivity index (χ0v) is 28.7. The fourth-order valence-electron chi connectivity index (χ4n) is 6.24. The topological polar surface area (TPSA) is 100 Å². The smallest absolute Gasteiger partial charge is 0.222 e. The number of anilines is 2. The Morgan fingerprint density at radius 2 is 1.18 bits per heavy atom. The molecular formula is C40H48N8O. The SMILES string of the molecule is CCOc1cc(CN2CCC(Nc3ncc(-c4ccccc4)cn3)CC2)ccc1C.c1ccc(-c2cnc(NC3CCNCC3)nc2)cc1. The molecule has 0 radical (unpaired) electrons. The van der Waals surface area contributed by atoms with Crippen LogP contribution in [0.5, 0.6) is 5.75 Å². The Balaban J connectivity index is 0.000000188. The van der Waals surface area contributed by atoms with Crippen molar-refractivity contribution < 1.29 is 4.74 Å². The van der Waals surface area contributed by atoms with Crippen LogP contribution in [0.25, 0.3) is 22.3 Å². The van der Waals surface area contributed by atoms with E-state index in [9.17, 15) is 0 Å². The second-order valence-corrected chi connectivity index (χ2v) is 12.7. The Kier molecular flexibility index (Phi) is 12.2. The molecule has 2 fully saturated rings. The van der Waals surface area contributed by atoms with E-state index in [-0.39, 0.29) is 0 Å². The molecule has 2 aromatic heterocycles. The molecule has 0 atom stereocenters. The molecule has 5 aromatic rings. The molecule has 2 saturated heterocycles. The summed E-state index contributed by atoms with van der Waals surface area (Å²) >= 11 is 0. The van der Waals surface area contributed by atoms with Gasteiger partial charge < -0.3 is 20.7 Å². The predicted octanol–water partition coefficient (Wildman–Crippen LogP) is 7.23. The van der Waals surface area contributed by atoms with E-state index < -0.39 is 0 Å². The minimum atomic E-state index is 0.417. The van der Waals surface area contributed by atoms with Crippen LogP contribution in [-0.4, -0.2) is 69.7 Å². The summed E-state index contributed by atoms with van der Waals surface area (Å²) in [6.07, 6.45) is 12.0. The molecule has 0 amide bonds. The minimum absolute atomic E-state index is 0.417. The number of ether oxygens (including phenoxy) is 1. The van der Waals surface area contributed by atoms with Gasteiger partial charge in [0.05, 0.1) is 6.61 Å². The van der Waals surface area contributed by atoms with Crippen LogP contribution in [0.1, 0.15) is 43.7 Å². The zero-order chi connectivity index (χ0) is 33.7. The number of nitrogens with one attached hydrogen (secondary N) is 3. The zero-order valence-electron chi connectivity index (χ0n) is 28.7. The number of aryl methyl sites for hydroxylation is 1. The third kappa shape index (κ3) is 10.1. The molecule has 7 rings (SSSR count). The number of benzene rings is 3. The van der Waals surface area contributed by atoms with Crippen molar-refractivity contribution in [1.29, 1.82) is 0 Å². The van der Waals surface area contributed by atoms with Gasteiger partial charge in [-0.05, 0) is 80.9 Å². The van der Waals surface area contributed by atoms with Crippen LogP contribution in [0.15, 0.2) is 104 Å². The average Bonchev–Trinajstić information content (AvgIpc) is 3.16. The molecule has 49 heavy (non-hydrogen) atoms. The fraction of sp³-hybridized carbons (Fsp3) is 0.350.